The van der Waals surface area contributed by atoms with Crippen molar-refractivity contribution in [2.75, 3.05) is 7.05 Å². The second-order valence-corrected chi connectivity index (χ2v) is 7.08. The van der Waals surface area contributed by atoms with Crippen molar-refractivity contribution < 1.29 is 4.42 Å². The standard InChI is InChI=1S/C17H15BrINO/c1-20-15(9-11-5-7-13(19)8-6-11)16-10-12-3-2-4-14(18)17(12)21-16/h2-8,10,15,20H,9H2,1H3. The van der Waals surface area contributed by atoms with Crippen LogP contribution in [-0.2, 0) is 6.42 Å². The van der Waals surface area contributed by atoms with Gasteiger partial charge in [0.2, 0.25) is 0 Å². The summed E-state index contributed by atoms with van der Waals surface area (Å²) in [5.41, 5.74) is 2.21. The number of halogens is 2. The SMILES string of the molecule is CNC(Cc1ccc(I)cc1)c1cc2cccc(Br)c2o1. The van der Waals surface area contributed by atoms with Gasteiger partial charge in [0.15, 0.2) is 0 Å². The highest BCUT2D eigenvalue weighted by molar-refractivity contribution is 14.1. The maximum Gasteiger partial charge on any atom is 0.148 e. The Bertz CT molecular complexity index is 751. The number of rotatable bonds is 4. The van der Waals surface area contributed by atoms with Gasteiger partial charge in [0, 0.05) is 8.96 Å². The lowest BCUT2D eigenvalue weighted by Crippen LogP contribution is -2.18. The van der Waals surface area contributed by atoms with Crippen LogP contribution < -0.4 is 5.32 Å². The first-order valence-corrected chi connectivity index (χ1v) is 8.64. The summed E-state index contributed by atoms with van der Waals surface area (Å²) in [5, 5.41) is 4.48. The smallest absolute Gasteiger partial charge is 0.148 e. The maximum atomic E-state index is 6.04. The molecule has 1 unspecified atom stereocenters. The summed E-state index contributed by atoms with van der Waals surface area (Å²) in [7, 11) is 1.97. The van der Waals surface area contributed by atoms with E-state index in [0.717, 1.165) is 27.6 Å². The van der Waals surface area contributed by atoms with Crippen LogP contribution in [0.4, 0.5) is 0 Å². The molecule has 3 rings (SSSR count). The summed E-state index contributed by atoms with van der Waals surface area (Å²) in [6.45, 7) is 0. The van der Waals surface area contributed by atoms with E-state index in [2.05, 4.69) is 80.2 Å². The van der Waals surface area contributed by atoms with E-state index >= 15 is 0 Å². The van der Waals surface area contributed by atoms with Crippen LogP contribution in [0.2, 0.25) is 0 Å². The summed E-state index contributed by atoms with van der Waals surface area (Å²) < 4.78 is 8.29. The Labute approximate surface area is 146 Å². The van der Waals surface area contributed by atoms with Gasteiger partial charge in [-0.15, -0.1) is 0 Å². The molecule has 108 valence electrons. The first kappa shape index (κ1) is 15.1. The number of hydrogen-bond donors (Lipinski definition) is 1. The molecule has 0 spiro atoms. The molecule has 3 aromatic rings. The molecule has 0 aliphatic heterocycles. The number of likely N-dealkylation sites (N-methyl/N-ethyl adjacent to an activating group) is 1. The highest BCUT2D eigenvalue weighted by Crippen LogP contribution is 2.30. The summed E-state index contributed by atoms with van der Waals surface area (Å²) in [6, 6.07) is 17.0. The van der Waals surface area contributed by atoms with Crippen LogP contribution in [0.3, 0.4) is 0 Å². The zero-order valence-electron chi connectivity index (χ0n) is 11.6. The van der Waals surface area contributed by atoms with Crippen molar-refractivity contribution in [1.29, 1.82) is 0 Å². The van der Waals surface area contributed by atoms with Crippen molar-refractivity contribution in [3.8, 4) is 0 Å². The van der Waals surface area contributed by atoms with Crippen LogP contribution >= 0.6 is 38.5 Å². The molecule has 2 aromatic carbocycles. The molecule has 0 fully saturated rings. The van der Waals surface area contributed by atoms with Crippen molar-refractivity contribution >= 4 is 49.5 Å². The van der Waals surface area contributed by atoms with Crippen LogP contribution in [-0.4, -0.2) is 7.05 Å². The Hall–Kier alpha value is -0.850. The Balaban J connectivity index is 1.90. The van der Waals surface area contributed by atoms with E-state index in [1.807, 2.05) is 19.2 Å². The van der Waals surface area contributed by atoms with Gasteiger partial charge in [0.05, 0.1) is 10.5 Å². The third-order valence-corrected chi connectivity index (χ3v) is 4.90. The summed E-state index contributed by atoms with van der Waals surface area (Å²) in [4.78, 5) is 0. The van der Waals surface area contributed by atoms with Crippen LogP contribution in [0.5, 0.6) is 0 Å². The average molecular weight is 456 g/mol. The van der Waals surface area contributed by atoms with Crippen molar-refractivity contribution in [3.63, 3.8) is 0 Å². The number of hydrogen-bond acceptors (Lipinski definition) is 2. The van der Waals surface area contributed by atoms with Gasteiger partial charge in [-0.1, -0.05) is 24.3 Å². The monoisotopic (exact) mass is 455 g/mol. The highest BCUT2D eigenvalue weighted by Gasteiger charge is 2.16. The van der Waals surface area contributed by atoms with E-state index in [0.29, 0.717) is 0 Å². The van der Waals surface area contributed by atoms with E-state index in [9.17, 15) is 0 Å². The molecule has 0 amide bonds. The van der Waals surface area contributed by atoms with E-state index in [1.165, 1.54) is 9.13 Å². The third kappa shape index (κ3) is 3.33. The van der Waals surface area contributed by atoms with Gasteiger partial charge in [-0.25, -0.2) is 0 Å². The number of para-hydroxylation sites is 1. The van der Waals surface area contributed by atoms with E-state index in [4.69, 9.17) is 4.42 Å². The molecule has 0 bridgehead atoms. The highest BCUT2D eigenvalue weighted by atomic mass is 127. The Morgan fingerprint density at radius 2 is 1.95 bits per heavy atom. The molecule has 4 heteroatoms. The third-order valence-electron chi connectivity index (χ3n) is 3.56. The Morgan fingerprint density at radius 3 is 2.62 bits per heavy atom. The normalized spacial score (nSPS) is 12.7. The van der Waals surface area contributed by atoms with Crippen molar-refractivity contribution in [2.45, 2.75) is 12.5 Å². The van der Waals surface area contributed by atoms with Crippen molar-refractivity contribution in [1.82, 2.24) is 5.32 Å². The zero-order valence-corrected chi connectivity index (χ0v) is 15.3. The Kier molecular flexibility index (Phi) is 4.66. The van der Waals surface area contributed by atoms with Crippen LogP contribution in [0.1, 0.15) is 17.4 Å². The summed E-state index contributed by atoms with van der Waals surface area (Å²) >= 11 is 5.87. The molecule has 0 radical (unpaired) electrons. The number of nitrogens with one attached hydrogen (secondary N) is 1. The van der Waals surface area contributed by atoms with Gasteiger partial charge in [-0.05, 0) is 81.8 Å². The Morgan fingerprint density at radius 1 is 1.19 bits per heavy atom. The molecule has 1 aromatic heterocycles. The van der Waals surface area contributed by atoms with E-state index in [-0.39, 0.29) is 6.04 Å². The minimum atomic E-state index is 0.171. The van der Waals surface area contributed by atoms with Gasteiger partial charge < -0.3 is 9.73 Å². The minimum absolute atomic E-state index is 0.171. The quantitative estimate of drug-likeness (QED) is 0.540. The molecular weight excluding hydrogens is 441 g/mol. The molecule has 1 atom stereocenters. The van der Waals surface area contributed by atoms with Crippen LogP contribution in [0.15, 0.2) is 57.4 Å². The number of furan rings is 1. The molecule has 0 saturated heterocycles. The minimum Gasteiger partial charge on any atom is -0.458 e. The summed E-state index contributed by atoms with van der Waals surface area (Å²) in [5.74, 6) is 0.970. The summed E-state index contributed by atoms with van der Waals surface area (Å²) in [6.07, 6.45) is 0.908. The lowest BCUT2D eigenvalue weighted by atomic mass is 10.0. The van der Waals surface area contributed by atoms with Gasteiger partial charge in [0.25, 0.3) is 0 Å². The van der Waals surface area contributed by atoms with Crippen LogP contribution in [0.25, 0.3) is 11.0 Å². The molecule has 21 heavy (non-hydrogen) atoms. The zero-order chi connectivity index (χ0) is 14.8. The fourth-order valence-corrected chi connectivity index (χ4v) is 3.24. The van der Waals surface area contributed by atoms with Gasteiger partial charge >= 0.3 is 0 Å². The van der Waals surface area contributed by atoms with Gasteiger partial charge in [-0.2, -0.15) is 0 Å². The topological polar surface area (TPSA) is 25.2 Å². The second kappa shape index (κ2) is 6.50. The van der Waals surface area contributed by atoms with E-state index < -0.39 is 0 Å². The average Bonchev–Trinajstić information content (AvgIpc) is 2.92. The molecular formula is C17H15BrINO. The second-order valence-electron chi connectivity index (χ2n) is 4.98. The number of fused-ring (bicyclic) bond motifs is 1. The fraction of sp³-hybridized carbons (Fsp3) is 0.176. The van der Waals surface area contributed by atoms with Gasteiger partial charge in [-0.3, -0.25) is 0 Å². The lowest BCUT2D eigenvalue weighted by Gasteiger charge is -2.13. The first-order valence-electron chi connectivity index (χ1n) is 6.77. The predicted octanol–water partition coefficient (Wildman–Crippen LogP) is 5.30. The molecule has 2 nitrogen and oxygen atoms in total. The van der Waals surface area contributed by atoms with Crippen LogP contribution in [0, 0.1) is 3.57 Å². The maximum absolute atomic E-state index is 6.04. The first-order chi connectivity index (χ1) is 10.2. The fourth-order valence-electron chi connectivity index (χ4n) is 2.42. The van der Waals surface area contributed by atoms with Gasteiger partial charge in [0.1, 0.15) is 11.3 Å². The lowest BCUT2D eigenvalue weighted by molar-refractivity contribution is 0.450. The molecule has 0 aliphatic carbocycles. The number of benzene rings is 2. The molecule has 1 heterocycles. The van der Waals surface area contributed by atoms with E-state index in [1.54, 1.807) is 0 Å². The largest absolute Gasteiger partial charge is 0.458 e. The predicted molar refractivity (Wildman–Crippen MR) is 98.6 cm³/mol. The molecule has 0 saturated carbocycles. The van der Waals surface area contributed by atoms with Crippen molar-refractivity contribution in [2.24, 2.45) is 0 Å². The van der Waals surface area contributed by atoms with Crippen molar-refractivity contribution in [3.05, 3.63) is 67.9 Å². The molecule has 0 aliphatic rings. The molecule has 1 N–H and O–H groups in total.